The van der Waals surface area contributed by atoms with Crippen LogP contribution >= 0.6 is 0 Å². The average Bonchev–Trinajstić information content (AvgIpc) is 2.58. The highest BCUT2D eigenvalue weighted by Crippen LogP contribution is 2.36. The van der Waals surface area contributed by atoms with Crippen LogP contribution in [0.25, 0.3) is 0 Å². The molecule has 0 bridgehead atoms. The van der Waals surface area contributed by atoms with E-state index in [0.29, 0.717) is 23.8 Å². The van der Waals surface area contributed by atoms with Gasteiger partial charge in [-0.1, -0.05) is 37.3 Å². The van der Waals surface area contributed by atoms with Crippen LogP contribution in [0.2, 0.25) is 0 Å². The zero-order valence-electron chi connectivity index (χ0n) is 14.3. The Morgan fingerprint density at radius 1 is 1.13 bits per heavy atom. The number of carbonyl (C=O) groups is 1. The summed E-state index contributed by atoms with van der Waals surface area (Å²) < 4.78 is 0. The van der Waals surface area contributed by atoms with Gasteiger partial charge < -0.3 is 10.6 Å². The van der Waals surface area contributed by atoms with Crippen molar-refractivity contribution >= 4 is 5.91 Å². The summed E-state index contributed by atoms with van der Waals surface area (Å²) in [5, 5.41) is 6.67. The molecule has 1 amide bonds. The van der Waals surface area contributed by atoms with Gasteiger partial charge in [0.25, 0.3) is 0 Å². The van der Waals surface area contributed by atoms with E-state index >= 15 is 0 Å². The number of carbonyl (C=O) groups excluding carboxylic acids is 1. The average molecular weight is 314 g/mol. The number of piperidine rings is 1. The molecule has 3 rings (SSSR count). The van der Waals surface area contributed by atoms with Gasteiger partial charge in [-0.05, 0) is 68.5 Å². The minimum absolute atomic E-state index is 0.270. The zero-order valence-corrected chi connectivity index (χ0v) is 14.3. The second-order valence-electron chi connectivity index (χ2n) is 7.48. The summed E-state index contributed by atoms with van der Waals surface area (Å²) in [5.41, 5.74) is 1.47. The predicted octanol–water partition coefficient (Wildman–Crippen LogP) is 3.46. The topological polar surface area (TPSA) is 41.1 Å². The van der Waals surface area contributed by atoms with Gasteiger partial charge in [-0.25, -0.2) is 0 Å². The molecule has 1 saturated carbocycles. The lowest BCUT2D eigenvalue weighted by atomic mass is 9.77. The molecule has 0 spiro atoms. The first kappa shape index (κ1) is 16.5. The Kier molecular flexibility index (Phi) is 5.71. The molecule has 3 heteroatoms. The summed E-state index contributed by atoms with van der Waals surface area (Å²) in [6.45, 7) is 4.27. The van der Waals surface area contributed by atoms with Gasteiger partial charge in [-0.15, -0.1) is 0 Å². The molecule has 3 nitrogen and oxygen atoms in total. The summed E-state index contributed by atoms with van der Waals surface area (Å²) in [6.07, 6.45) is 6.62. The lowest BCUT2D eigenvalue weighted by molar-refractivity contribution is -0.123. The van der Waals surface area contributed by atoms with E-state index in [-0.39, 0.29) is 5.91 Å². The summed E-state index contributed by atoms with van der Waals surface area (Å²) in [5.74, 6) is 2.08. The SMILES string of the molecule is CC1CNCCC1NC(=O)CC1CCC(c2ccccc2)CC1. The van der Waals surface area contributed by atoms with Crippen molar-refractivity contribution in [3.8, 4) is 0 Å². The third-order valence-electron chi connectivity index (χ3n) is 5.72. The molecule has 126 valence electrons. The van der Waals surface area contributed by atoms with Crippen LogP contribution in [0.3, 0.4) is 0 Å². The van der Waals surface area contributed by atoms with Crippen LogP contribution in [0.4, 0.5) is 0 Å². The van der Waals surface area contributed by atoms with Crippen molar-refractivity contribution in [2.24, 2.45) is 11.8 Å². The third-order valence-corrected chi connectivity index (χ3v) is 5.72. The van der Waals surface area contributed by atoms with E-state index in [1.165, 1.54) is 31.2 Å². The Morgan fingerprint density at radius 3 is 2.57 bits per heavy atom. The molecule has 2 atom stereocenters. The van der Waals surface area contributed by atoms with Gasteiger partial charge in [0, 0.05) is 12.5 Å². The number of hydrogen-bond acceptors (Lipinski definition) is 2. The lowest BCUT2D eigenvalue weighted by Gasteiger charge is -2.32. The monoisotopic (exact) mass is 314 g/mol. The highest BCUT2D eigenvalue weighted by Gasteiger charge is 2.26. The van der Waals surface area contributed by atoms with E-state index < -0.39 is 0 Å². The summed E-state index contributed by atoms with van der Waals surface area (Å²) in [6, 6.07) is 11.2. The number of hydrogen-bond donors (Lipinski definition) is 2. The fourth-order valence-corrected chi connectivity index (χ4v) is 4.18. The Hall–Kier alpha value is -1.35. The molecule has 0 aromatic heterocycles. The van der Waals surface area contributed by atoms with E-state index in [1.807, 2.05) is 0 Å². The minimum Gasteiger partial charge on any atom is -0.353 e. The second-order valence-corrected chi connectivity index (χ2v) is 7.48. The molecular weight excluding hydrogens is 284 g/mol. The standard InChI is InChI=1S/C20H30N2O/c1-15-14-21-12-11-19(15)22-20(23)13-16-7-9-18(10-8-16)17-5-3-2-4-6-17/h2-6,15-16,18-19,21H,7-14H2,1H3,(H,22,23). The van der Waals surface area contributed by atoms with Crippen LogP contribution in [0, 0.1) is 11.8 Å². The molecular formula is C20H30N2O. The quantitative estimate of drug-likeness (QED) is 0.893. The molecule has 1 saturated heterocycles. The fraction of sp³-hybridized carbons (Fsp3) is 0.650. The van der Waals surface area contributed by atoms with Crippen LogP contribution in [-0.4, -0.2) is 25.0 Å². The molecule has 1 aromatic rings. The fourth-order valence-electron chi connectivity index (χ4n) is 4.18. The van der Waals surface area contributed by atoms with Gasteiger partial charge in [0.15, 0.2) is 0 Å². The normalized spacial score (nSPS) is 31.5. The van der Waals surface area contributed by atoms with E-state index in [0.717, 1.165) is 25.9 Å². The van der Waals surface area contributed by atoms with Gasteiger partial charge in [0.1, 0.15) is 0 Å². The highest BCUT2D eigenvalue weighted by molar-refractivity contribution is 5.76. The first-order valence-corrected chi connectivity index (χ1v) is 9.27. The Labute approximate surface area is 140 Å². The predicted molar refractivity (Wildman–Crippen MR) is 94.3 cm³/mol. The lowest BCUT2D eigenvalue weighted by Crippen LogP contribution is -2.48. The van der Waals surface area contributed by atoms with E-state index in [1.54, 1.807) is 0 Å². The van der Waals surface area contributed by atoms with Crippen molar-refractivity contribution in [2.75, 3.05) is 13.1 Å². The Balaban J connectivity index is 1.42. The summed E-state index contributed by atoms with van der Waals surface area (Å²) in [4.78, 5) is 12.3. The second kappa shape index (κ2) is 7.96. The van der Waals surface area contributed by atoms with Gasteiger partial charge in [0.2, 0.25) is 5.91 Å². The van der Waals surface area contributed by atoms with Gasteiger partial charge >= 0.3 is 0 Å². The van der Waals surface area contributed by atoms with E-state index in [9.17, 15) is 4.79 Å². The minimum atomic E-state index is 0.270. The smallest absolute Gasteiger partial charge is 0.220 e. The summed E-state index contributed by atoms with van der Waals surface area (Å²) >= 11 is 0. The number of nitrogens with one attached hydrogen (secondary N) is 2. The molecule has 2 fully saturated rings. The van der Waals surface area contributed by atoms with Crippen molar-refractivity contribution in [2.45, 2.75) is 57.4 Å². The molecule has 1 aliphatic heterocycles. The van der Waals surface area contributed by atoms with Crippen LogP contribution in [0.1, 0.15) is 56.9 Å². The molecule has 1 aliphatic carbocycles. The maximum atomic E-state index is 12.3. The number of benzene rings is 1. The Morgan fingerprint density at radius 2 is 1.87 bits per heavy atom. The maximum Gasteiger partial charge on any atom is 0.220 e. The largest absolute Gasteiger partial charge is 0.353 e. The molecule has 2 unspecified atom stereocenters. The van der Waals surface area contributed by atoms with Crippen molar-refractivity contribution < 1.29 is 4.79 Å². The van der Waals surface area contributed by atoms with Crippen molar-refractivity contribution in [1.82, 2.24) is 10.6 Å². The first-order chi connectivity index (χ1) is 11.2. The van der Waals surface area contributed by atoms with Crippen molar-refractivity contribution in [3.63, 3.8) is 0 Å². The molecule has 1 heterocycles. The van der Waals surface area contributed by atoms with E-state index in [4.69, 9.17) is 0 Å². The Bertz CT molecular complexity index is 494. The van der Waals surface area contributed by atoms with Crippen LogP contribution in [0.15, 0.2) is 30.3 Å². The van der Waals surface area contributed by atoms with E-state index in [2.05, 4.69) is 47.9 Å². The van der Waals surface area contributed by atoms with Crippen LogP contribution in [-0.2, 0) is 4.79 Å². The van der Waals surface area contributed by atoms with Gasteiger partial charge in [-0.3, -0.25) is 4.79 Å². The third kappa shape index (κ3) is 4.57. The molecule has 2 aliphatic rings. The first-order valence-electron chi connectivity index (χ1n) is 9.27. The molecule has 1 aromatic carbocycles. The van der Waals surface area contributed by atoms with Crippen LogP contribution < -0.4 is 10.6 Å². The molecule has 23 heavy (non-hydrogen) atoms. The number of rotatable bonds is 4. The van der Waals surface area contributed by atoms with Crippen molar-refractivity contribution in [1.29, 1.82) is 0 Å². The molecule has 0 radical (unpaired) electrons. The molecule has 2 N–H and O–H groups in total. The van der Waals surface area contributed by atoms with Crippen LogP contribution in [0.5, 0.6) is 0 Å². The number of amides is 1. The maximum absolute atomic E-state index is 12.3. The van der Waals surface area contributed by atoms with Gasteiger partial charge in [0.05, 0.1) is 0 Å². The summed E-state index contributed by atoms with van der Waals surface area (Å²) in [7, 11) is 0. The zero-order chi connectivity index (χ0) is 16.1. The highest BCUT2D eigenvalue weighted by atomic mass is 16.1. The van der Waals surface area contributed by atoms with Crippen molar-refractivity contribution in [3.05, 3.63) is 35.9 Å². The van der Waals surface area contributed by atoms with Gasteiger partial charge in [-0.2, -0.15) is 0 Å².